The van der Waals surface area contributed by atoms with E-state index in [1.807, 2.05) is 12.3 Å². The Morgan fingerprint density at radius 1 is 1.12 bits per heavy atom. The van der Waals surface area contributed by atoms with Gasteiger partial charge in [-0.15, -0.1) is 0 Å². The highest BCUT2D eigenvalue weighted by molar-refractivity contribution is 5.48. The number of nitrogens with one attached hydrogen (secondary N) is 1. The summed E-state index contributed by atoms with van der Waals surface area (Å²) in [4.78, 5) is 11.6. The first kappa shape index (κ1) is 16.3. The summed E-state index contributed by atoms with van der Waals surface area (Å²) in [6.07, 6.45) is 11.3. The molecule has 1 aliphatic carbocycles. The molecule has 1 saturated heterocycles. The van der Waals surface area contributed by atoms with Crippen LogP contribution in [0.25, 0.3) is 6.08 Å². The van der Waals surface area contributed by atoms with Crippen molar-refractivity contribution in [1.29, 1.82) is 0 Å². The van der Waals surface area contributed by atoms with Crippen LogP contribution < -0.4 is 5.32 Å². The van der Waals surface area contributed by atoms with Crippen molar-refractivity contribution in [2.24, 2.45) is 0 Å². The average Bonchev–Trinajstić information content (AvgIpc) is 3.49. The van der Waals surface area contributed by atoms with Crippen molar-refractivity contribution in [2.45, 2.75) is 37.6 Å². The van der Waals surface area contributed by atoms with Crippen molar-refractivity contribution in [3.8, 4) is 0 Å². The van der Waals surface area contributed by atoms with Gasteiger partial charge in [0, 0.05) is 31.2 Å². The Hall–Kier alpha value is -2.20. The summed E-state index contributed by atoms with van der Waals surface area (Å²) in [6.45, 7) is 3.25. The molecule has 130 valence electrons. The van der Waals surface area contributed by atoms with Crippen LogP contribution in [0.1, 0.15) is 43.0 Å². The van der Waals surface area contributed by atoms with Gasteiger partial charge in [0.25, 0.3) is 0 Å². The molecule has 1 saturated carbocycles. The lowest BCUT2D eigenvalue weighted by Gasteiger charge is -2.32. The largest absolute Gasteiger partial charge is 0.366 e. The monoisotopic (exact) mass is 334 g/mol. The van der Waals surface area contributed by atoms with Crippen LogP contribution in [-0.4, -0.2) is 40.5 Å². The van der Waals surface area contributed by atoms with Crippen molar-refractivity contribution < 1.29 is 0 Å². The summed E-state index contributed by atoms with van der Waals surface area (Å²) in [5.41, 5.74) is 1.27. The maximum atomic E-state index is 4.70. The summed E-state index contributed by atoms with van der Waals surface area (Å²) in [5, 5.41) is 3.63. The lowest BCUT2D eigenvalue weighted by atomic mass is 10.1. The van der Waals surface area contributed by atoms with Gasteiger partial charge in [-0.2, -0.15) is 0 Å². The maximum absolute atomic E-state index is 4.70. The number of hydrogen-bond donors (Lipinski definition) is 1. The third kappa shape index (κ3) is 4.67. The molecule has 4 rings (SSSR count). The summed E-state index contributed by atoms with van der Waals surface area (Å²) in [7, 11) is 0. The van der Waals surface area contributed by atoms with Crippen molar-refractivity contribution >= 4 is 11.9 Å². The van der Waals surface area contributed by atoms with Crippen molar-refractivity contribution in [3.05, 3.63) is 60.1 Å². The molecule has 2 aromatic rings. The first-order chi connectivity index (χ1) is 12.4. The Morgan fingerprint density at radius 2 is 2.00 bits per heavy atom. The Kier molecular flexibility index (Phi) is 5.07. The minimum atomic E-state index is 0.473. The topological polar surface area (TPSA) is 41.0 Å². The van der Waals surface area contributed by atoms with Gasteiger partial charge in [-0.3, -0.25) is 4.90 Å². The molecule has 1 aromatic heterocycles. The normalized spacial score (nSPS) is 21.5. The molecule has 0 amide bonds. The minimum absolute atomic E-state index is 0.473. The van der Waals surface area contributed by atoms with E-state index in [0.29, 0.717) is 12.0 Å². The molecule has 4 nitrogen and oxygen atoms in total. The number of aromatic nitrogens is 2. The Bertz CT molecular complexity index is 709. The third-order valence-corrected chi connectivity index (χ3v) is 4.95. The zero-order valence-electron chi connectivity index (χ0n) is 14.6. The van der Waals surface area contributed by atoms with E-state index in [0.717, 1.165) is 24.7 Å². The molecule has 1 aliphatic heterocycles. The predicted octanol–water partition coefficient (Wildman–Crippen LogP) is 3.94. The number of hydrogen-bond acceptors (Lipinski definition) is 4. The summed E-state index contributed by atoms with van der Waals surface area (Å²) < 4.78 is 0. The lowest BCUT2D eigenvalue weighted by Crippen LogP contribution is -2.42. The van der Waals surface area contributed by atoms with E-state index in [-0.39, 0.29) is 0 Å². The molecule has 0 radical (unpaired) electrons. The van der Waals surface area contributed by atoms with E-state index in [2.05, 4.69) is 57.7 Å². The fraction of sp³-hybridized carbons (Fsp3) is 0.429. The molecular formula is C21H26N4. The SMILES string of the molecule is C(=C\c1ccccc1)/CN1CCCC(Nc2ccnc(C3CC3)n2)C1. The van der Waals surface area contributed by atoms with Crippen LogP contribution >= 0.6 is 0 Å². The van der Waals surface area contributed by atoms with Gasteiger partial charge in [0.1, 0.15) is 11.6 Å². The number of nitrogens with zero attached hydrogens (tertiary/aromatic N) is 3. The second kappa shape index (κ2) is 7.79. The molecule has 0 bridgehead atoms. The zero-order valence-corrected chi connectivity index (χ0v) is 14.6. The molecule has 1 atom stereocenters. The highest BCUT2D eigenvalue weighted by Gasteiger charge is 2.27. The van der Waals surface area contributed by atoms with E-state index in [1.165, 1.54) is 37.8 Å². The number of rotatable bonds is 6. The van der Waals surface area contributed by atoms with E-state index >= 15 is 0 Å². The van der Waals surface area contributed by atoms with Crippen LogP contribution in [-0.2, 0) is 0 Å². The van der Waals surface area contributed by atoms with E-state index < -0.39 is 0 Å². The number of piperidine rings is 1. The first-order valence-electron chi connectivity index (χ1n) is 9.40. The van der Waals surface area contributed by atoms with Gasteiger partial charge < -0.3 is 5.32 Å². The Labute approximate surface area is 150 Å². The standard InChI is InChI=1S/C21H26N4/c1-2-6-17(7-3-1)8-4-14-25-15-5-9-19(16-25)23-20-12-13-22-21(24-20)18-10-11-18/h1-4,6-8,12-13,18-19H,5,9-11,14-16H2,(H,22,23,24)/b8-4+. The average molecular weight is 334 g/mol. The van der Waals surface area contributed by atoms with Crippen LogP contribution in [0, 0.1) is 0 Å². The van der Waals surface area contributed by atoms with Crippen LogP contribution in [0.5, 0.6) is 0 Å². The molecular weight excluding hydrogens is 308 g/mol. The quantitative estimate of drug-likeness (QED) is 0.868. The van der Waals surface area contributed by atoms with Crippen molar-refractivity contribution in [1.82, 2.24) is 14.9 Å². The second-order valence-corrected chi connectivity index (χ2v) is 7.13. The molecule has 2 fully saturated rings. The molecule has 0 spiro atoms. The number of likely N-dealkylation sites (tertiary alicyclic amines) is 1. The molecule has 1 aromatic carbocycles. The lowest BCUT2D eigenvalue weighted by molar-refractivity contribution is 0.237. The molecule has 1 unspecified atom stereocenters. The highest BCUT2D eigenvalue weighted by atomic mass is 15.2. The van der Waals surface area contributed by atoms with Gasteiger partial charge in [0.05, 0.1) is 0 Å². The van der Waals surface area contributed by atoms with Gasteiger partial charge in [0.15, 0.2) is 0 Å². The van der Waals surface area contributed by atoms with Gasteiger partial charge in [-0.05, 0) is 43.9 Å². The summed E-state index contributed by atoms with van der Waals surface area (Å²) in [6, 6.07) is 13.0. The van der Waals surface area contributed by atoms with Crippen LogP contribution in [0.3, 0.4) is 0 Å². The molecule has 2 heterocycles. The fourth-order valence-electron chi connectivity index (χ4n) is 3.44. The van der Waals surface area contributed by atoms with Crippen molar-refractivity contribution in [3.63, 3.8) is 0 Å². The predicted molar refractivity (Wildman–Crippen MR) is 103 cm³/mol. The zero-order chi connectivity index (χ0) is 16.9. The Morgan fingerprint density at radius 3 is 2.84 bits per heavy atom. The Balaban J connectivity index is 1.30. The van der Waals surface area contributed by atoms with Gasteiger partial charge in [0.2, 0.25) is 0 Å². The molecule has 4 heteroatoms. The molecule has 2 aliphatic rings. The molecule has 1 N–H and O–H groups in total. The summed E-state index contributed by atoms with van der Waals surface area (Å²) in [5.74, 6) is 2.61. The minimum Gasteiger partial charge on any atom is -0.366 e. The van der Waals surface area contributed by atoms with E-state index in [1.54, 1.807) is 0 Å². The number of anilines is 1. The first-order valence-corrected chi connectivity index (χ1v) is 9.40. The molecule has 25 heavy (non-hydrogen) atoms. The highest BCUT2D eigenvalue weighted by Crippen LogP contribution is 2.38. The van der Waals surface area contributed by atoms with Gasteiger partial charge >= 0.3 is 0 Å². The fourth-order valence-corrected chi connectivity index (χ4v) is 3.44. The summed E-state index contributed by atoms with van der Waals surface area (Å²) >= 11 is 0. The smallest absolute Gasteiger partial charge is 0.133 e. The van der Waals surface area contributed by atoms with Gasteiger partial charge in [-0.25, -0.2) is 9.97 Å². The number of benzene rings is 1. The van der Waals surface area contributed by atoms with Crippen LogP contribution in [0.4, 0.5) is 5.82 Å². The van der Waals surface area contributed by atoms with E-state index in [4.69, 9.17) is 4.98 Å². The van der Waals surface area contributed by atoms with Gasteiger partial charge in [-0.1, -0.05) is 42.5 Å². The van der Waals surface area contributed by atoms with Crippen LogP contribution in [0.2, 0.25) is 0 Å². The van der Waals surface area contributed by atoms with E-state index in [9.17, 15) is 0 Å². The maximum Gasteiger partial charge on any atom is 0.133 e. The third-order valence-electron chi connectivity index (χ3n) is 4.95. The second-order valence-electron chi connectivity index (χ2n) is 7.13. The van der Waals surface area contributed by atoms with Crippen LogP contribution in [0.15, 0.2) is 48.7 Å². The van der Waals surface area contributed by atoms with Crippen molar-refractivity contribution in [2.75, 3.05) is 25.0 Å².